The topological polar surface area (TPSA) is 66.4 Å². The van der Waals surface area contributed by atoms with Crippen LogP contribution in [0.2, 0.25) is 0 Å². The Bertz CT molecular complexity index is 550. The number of benzene rings is 1. The lowest BCUT2D eigenvalue weighted by molar-refractivity contribution is -0.148. The van der Waals surface area contributed by atoms with Gasteiger partial charge in [-0.05, 0) is 56.4 Å². The van der Waals surface area contributed by atoms with Gasteiger partial charge in [-0.25, -0.2) is 4.79 Å². The van der Waals surface area contributed by atoms with E-state index in [2.05, 4.69) is 21.2 Å². The quantitative estimate of drug-likeness (QED) is 0.898. The molecule has 1 fully saturated rings. The molecule has 0 heterocycles. The molecular weight excluding hydrogens is 310 g/mol. The molecule has 4 nitrogen and oxygen atoms in total. The number of rotatable bonds is 3. The molecule has 1 aromatic carbocycles. The summed E-state index contributed by atoms with van der Waals surface area (Å²) >= 11 is 3.41. The molecule has 1 aliphatic rings. The predicted octanol–water partition coefficient (Wildman–Crippen LogP) is 2.80. The van der Waals surface area contributed by atoms with E-state index in [4.69, 9.17) is 0 Å². The van der Waals surface area contributed by atoms with Gasteiger partial charge in [-0.1, -0.05) is 15.9 Å². The van der Waals surface area contributed by atoms with Gasteiger partial charge in [-0.3, -0.25) is 4.79 Å². The van der Waals surface area contributed by atoms with E-state index in [0.717, 1.165) is 22.0 Å². The number of hydrogen-bond donors (Lipinski definition) is 2. The van der Waals surface area contributed by atoms with Gasteiger partial charge < -0.3 is 10.4 Å². The van der Waals surface area contributed by atoms with E-state index in [0.29, 0.717) is 18.4 Å². The lowest BCUT2D eigenvalue weighted by Gasteiger charge is -2.38. The van der Waals surface area contributed by atoms with Crippen molar-refractivity contribution in [1.29, 1.82) is 0 Å². The number of amides is 1. The predicted molar refractivity (Wildman–Crippen MR) is 75.3 cm³/mol. The summed E-state index contributed by atoms with van der Waals surface area (Å²) < 4.78 is 0.943. The lowest BCUT2D eigenvalue weighted by Crippen LogP contribution is -2.59. The van der Waals surface area contributed by atoms with Gasteiger partial charge in [-0.2, -0.15) is 0 Å². The highest BCUT2D eigenvalue weighted by molar-refractivity contribution is 9.10. The van der Waals surface area contributed by atoms with Crippen LogP contribution in [0, 0.1) is 13.8 Å². The van der Waals surface area contributed by atoms with Crippen LogP contribution < -0.4 is 5.32 Å². The highest BCUT2D eigenvalue weighted by atomic mass is 79.9. The third-order valence-electron chi connectivity index (χ3n) is 3.72. The first kappa shape index (κ1) is 14.1. The van der Waals surface area contributed by atoms with E-state index in [9.17, 15) is 14.7 Å². The van der Waals surface area contributed by atoms with Crippen LogP contribution in [-0.4, -0.2) is 22.5 Å². The molecule has 1 amide bonds. The summed E-state index contributed by atoms with van der Waals surface area (Å²) in [5.74, 6) is -1.26. The molecule has 0 saturated heterocycles. The Labute approximate surface area is 120 Å². The Morgan fingerprint density at radius 2 is 1.89 bits per heavy atom. The van der Waals surface area contributed by atoms with Crippen molar-refractivity contribution < 1.29 is 14.7 Å². The fourth-order valence-corrected chi connectivity index (χ4v) is 2.69. The van der Waals surface area contributed by atoms with Crippen LogP contribution >= 0.6 is 15.9 Å². The maximum atomic E-state index is 12.3. The van der Waals surface area contributed by atoms with E-state index < -0.39 is 11.5 Å². The Balaban J connectivity index is 2.25. The van der Waals surface area contributed by atoms with Gasteiger partial charge in [0.1, 0.15) is 5.54 Å². The molecule has 0 aliphatic heterocycles. The summed E-state index contributed by atoms with van der Waals surface area (Å²) in [5.41, 5.74) is 1.25. The van der Waals surface area contributed by atoms with Gasteiger partial charge in [0.05, 0.1) is 0 Å². The average molecular weight is 326 g/mol. The average Bonchev–Trinajstić information content (AvgIpc) is 2.27. The summed E-state index contributed by atoms with van der Waals surface area (Å²) in [7, 11) is 0. The molecule has 0 aromatic heterocycles. The molecule has 2 rings (SSSR count). The highest BCUT2D eigenvalue weighted by Gasteiger charge is 2.45. The minimum absolute atomic E-state index is 0.310. The van der Waals surface area contributed by atoms with Gasteiger partial charge in [0.15, 0.2) is 0 Å². The molecule has 0 unspecified atom stereocenters. The molecule has 2 N–H and O–H groups in total. The SMILES string of the molecule is Cc1cc(C(=O)NC2(C(=O)O)CCC2)c(C)cc1Br. The van der Waals surface area contributed by atoms with Crippen LogP contribution in [0.3, 0.4) is 0 Å². The van der Waals surface area contributed by atoms with Crippen LogP contribution in [0.15, 0.2) is 16.6 Å². The minimum atomic E-state index is -1.06. The van der Waals surface area contributed by atoms with Crippen molar-refractivity contribution in [3.63, 3.8) is 0 Å². The summed E-state index contributed by atoms with van der Waals surface area (Å²) in [5, 5.41) is 11.9. The summed E-state index contributed by atoms with van der Waals surface area (Å²) in [6.45, 7) is 3.74. The monoisotopic (exact) mass is 325 g/mol. The number of nitrogens with one attached hydrogen (secondary N) is 1. The normalized spacial score (nSPS) is 16.6. The Kier molecular flexibility index (Phi) is 3.67. The highest BCUT2D eigenvalue weighted by Crippen LogP contribution is 2.32. The molecule has 0 spiro atoms. The number of aliphatic carboxylic acids is 1. The molecular formula is C14H16BrNO3. The molecule has 0 radical (unpaired) electrons. The van der Waals surface area contributed by atoms with Crippen molar-refractivity contribution in [3.05, 3.63) is 33.3 Å². The van der Waals surface area contributed by atoms with E-state index in [1.165, 1.54) is 0 Å². The first-order chi connectivity index (χ1) is 8.85. The number of halogens is 1. The molecule has 0 bridgehead atoms. The standard InChI is InChI=1S/C14H16BrNO3/c1-8-7-11(15)9(2)6-10(8)12(17)16-14(13(18)19)4-3-5-14/h6-7H,3-5H2,1-2H3,(H,16,17)(H,18,19). The van der Waals surface area contributed by atoms with Gasteiger partial charge in [0, 0.05) is 10.0 Å². The Morgan fingerprint density at radius 1 is 1.26 bits per heavy atom. The minimum Gasteiger partial charge on any atom is -0.480 e. The van der Waals surface area contributed by atoms with Gasteiger partial charge in [0.25, 0.3) is 5.91 Å². The summed E-state index contributed by atoms with van der Waals surface area (Å²) in [6.07, 6.45) is 1.84. The van der Waals surface area contributed by atoms with Crippen molar-refractivity contribution in [2.24, 2.45) is 0 Å². The lowest BCUT2D eigenvalue weighted by atomic mass is 9.76. The number of carboxylic acid groups (broad SMARTS) is 1. The van der Waals surface area contributed by atoms with E-state index in [-0.39, 0.29) is 5.91 Å². The molecule has 1 aromatic rings. The molecule has 1 aliphatic carbocycles. The molecule has 1 saturated carbocycles. The van der Waals surface area contributed by atoms with Crippen molar-refractivity contribution in [2.45, 2.75) is 38.6 Å². The third-order valence-corrected chi connectivity index (χ3v) is 4.57. The first-order valence-electron chi connectivity index (χ1n) is 6.18. The number of hydrogen-bond acceptors (Lipinski definition) is 2. The van der Waals surface area contributed by atoms with Gasteiger partial charge >= 0.3 is 5.97 Å². The third kappa shape index (κ3) is 2.52. The van der Waals surface area contributed by atoms with Crippen molar-refractivity contribution in [3.8, 4) is 0 Å². The smallest absolute Gasteiger partial charge is 0.329 e. The maximum absolute atomic E-state index is 12.3. The van der Waals surface area contributed by atoms with E-state index >= 15 is 0 Å². The molecule has 5 heteroatoms. The number of carboxylic acids is 1. The number of aryl methyl sites for hydroxylation is 2. The Morgan fingerprint density at radius 3 is 2.37 bits per heavy atom. The molecule has 0 atom stereocenters. The molecule has 102 valence electrons. The van der Waals surface area contributed by atoms with Crippen molar-refractivity contribution >= 4 is 27.8 Å². The fraction of sp³-hybridized carbons (Fsp3) is 0.429. The molecule has 19 heavy (non-hydrogen) atoms. The summed E-state index contributed by atoms with van der Waals surface area (Å²) in [6, 6.07) is 3.65. The van der Waals surface area contributed by atoms with Crippen LogP contribution in [0.25, 0.3) is 0 Å². The largest absolute Gasteiger partial charge is 0.480 e. The number of carbonyl (C=O) groups is 2. The van der Waals surface area contributed by atoms with Crippen LogP contribution in [0.1, 0.15) is 40.7 Å². The van der Waals surface area contributed by atoms with Crippen LogP contribution in [0.4, 0.5) is 0 Å². The van der Waals surface area contributed by atoms with Crippen LogP contribution in [0.5, 0.6) is 0 Å². The first-order valence-corrected chi connectivity index (χ1v) is 6.98. The second-order valence-corrected chi connectivity index (χ2v) is 5.97. The van der Waals surface area contributed by atoms with E-state index in [1.54, 1.807) is 6.07 Å². The zero-order chi connectivity index (χ0) is 14.2. The number of carbonyl (C=O) groups excluding carboxylic acids is 1. The van der Waals surface area contributed by atoms with Crippen molar-refractivity contribution in [1.82, 2.24) is 5.32 Å². The fourth-order valence-electron chi connectivity index (χ4n) is 2.23. The second kappa shape index (κ2) is 4.96. The summed E-state index contributed by atoms with van der Waals surface area (Å²) in [4.78, 5) is 23.5. The zero-order valence-electron chi connectivity index (χ0n) is 10.9. The zero-order valence-corrected chi connectivity index (χ0v) is 12.5. The van der Waals surface area contributed by atoms with E-state index in [1.807, 2.05) is 19.9 Å². The van der Waals surface area contributed by atoms with Gasteiger partial charge in [0.2, 0.25) is 0 Å². The van der Waals surface area contributed by atoms with Gasteiger partial charge in [-0.15, -0.1) is 0 Å². The maximum Gasteiger partial charge on any atom is 0.329 e. The second-order valence-electron chi connectivity index (χ2n) is 5.11. The van der Waals surface area contributed by atoms with Crippen LogP contribution in [-0.2, 0) is 4.79 Å². The Hall–Kier alpha value is -1.36. The van der Waals surface area contributed by atoms with Crippen molar-refractivity contribution in [2.75, 3.05) is 0 Å².